The van der Waals surface area contributed by atoms with Crippen LogP contribution in [0.4, 0.5) is 0 Å². The van der Waals surface area contributed by atoms with Gasteiger partial charge in [0.25, 0.3) is 0 Å². The van der Waals surface area contributed by atoms with E-state index >= 15 is 0 Å². The van der Waals surface area contributed by atoms with Crippen molar-refractivity contribution in [3.63, 3.8) is 0 Å². The molecule has 0 aromatic heterocycles. The van der Waals surface area contributed by atoms with Crippen LogP contribution in [0.2, 0.25) is 0 Å². The lowest BCUT2D eigenvalue weighted by Gasteiger charge is -2.42. The summed E-state index contributed by atoms with van der Waals surface area (Å²) in [6.07, 6.45) is 6.68. The van der Waals surface area contributed by atoms with Crippen molar-refractivity contribution in [3.05, 3.63) is 0 Å². The molecule has 0 radical (unpaired) electrons. The molecule has 0 bridgehead atoms. The van der Waals surface area contributed by atoms with Crippen molar-refractivity contribution in [2.75, 3.05) is 5.33 Å². The van der Waals surface area contributed by atoms with Gasteiger partial charge in [0.15, 0.2) is 0 Å². The SMILES string of the molecule is CC.CCC(CC)(CCBr)CC(CC)(CC)CC(=O)O. The highest BCUT2D eigenvalue weighted by molar-refractivity contribution is 9.09. The fraction of sp³-hybridized carbons (Fsp3) is 0.941. The molecule has 0 aliphatic rings. The zero-order valence-corrected chi connectivity index (χ0v) is 16.0. The van der Waals surface area contributed by atoms with Crippen LogP contribution in [0.1, 0.15) is 86.5 Å². The minimum atomic E-state index is -0.654. The molecular weight excluding hydrogens is 316 g/mol. The number of carboxylic acid groups (broad SMARTS) is 1. The number of alkyl halides is 1. The van der Waals surface area contributed by atoms with Crippen molar-refractivity contribution in [2.24, 2.45) is 10.8 Å². The van der Waals surface area contributed by atoms with Crippen molar-refractivity contribution in [3.8, 4) is 0 Å². The number of carbonyl (C=O) groups is 1. The van der Waals surface area contributed by atoms with E-state index in [1.165, 1.54) is 0 Å². The zero-order chi connectivity index (χ0) is 16.2. The summed E-state index contributed by atoms with van der Waals surface area (Å²) in [6, 6.07) is 0. The Morgan fingerprint density at radius 2 is 1.35 bits per heavy atom. The normalized spacial score (nSPS) is 11.8. The van der Waals surface area contributed by atoms with E-state index in [4.69, 9.17) is 0 Å². The van der Waals surface area contributed by atoms with Gasteiger partial charge in [0.1, 0.15) is 0 Å². The number of aliphatic carboxylic acids is 1. The third-order valence-electron chi connectivity index (χ3n) is 4.90. The number of hydrogen-bond acceptors (Lipinski definition) is 1. The zero-order valence-electron chi connectivity index (χ0n) is 14.4. The molecule has 0 heterocycles. The quantitative estimate of drug-likeness (QED) is 0.471. The predicted molar refractivity (Wildman–Crippen MR) is 92.7 cm³/mol. The molecule has 0 amide bonds. The van der Waals surface area contributed by atoms with Gasteiger partial charge in [-0.2, -0.15) is 0 Å². The van der Waals surface area contributed by atoms with Crippen LogP contribution in [-0.4, -0.2) is 16.4 Å². The first kappa shape index (κ1) is 22.2. The fourth-order valence-corrected chi connectivity index (χ4v) is 3.91. The molecule has 0 fully saturated rings. The van der Waals surface area contributed by atoms with Gasteiger partial charge < -0.3 is 5.11 Å². The van der Waals surface area contributed by atoms with Gasteiger partial charge in [0, 0.05) is 5.33 Å². The van der Waals surface area contributed by atoms with E-state index in [-0.39, 0.29) is 5.41 Å². The van der Waals surface area contributed by atoms with Crippen LogP contribution in [0.5, 0.6) is 0 Å². The summed E-state index contributed by atoms with van der Waals surface area (Å²) in [6.45, 7) is 12.7. The summed E-state index contributed by atoms with van der Waals surface area (Å²) in [7, 11) is 0. The summed E-state index contributed by atoms with van der Waals surface area (Å²) >= 11 is 3.55. The van der Waals surface area contributed by atoms with Crippen molar-refractivity contribution in [1.82, 2.24) is 0 Å². The fourth-order valence-electron chi connectivity index (χ4n) is 3.07. The van der Waals surface area contributed by atoms with E-state index in [9.17, 15) is 9.90 Å². The molecule has 0 saturated carbocycles. The Balaban J connectivity index is 0. The first-order valence-corrected chi connectivity index (χ1v) is 9.33. The van der Waals surface area contributed by atoms with Gasteiger partial charge in [-0.3, -0.25) is 4.79 Å². The highest BCUT2D eigenvalue weighted by Crippen LogP contribution is 2.47. The topological polar surface area (TPSA) is 37.3 Å². The van der Waals surface area contributed by atoms with Crippen molar-refractivity contribution >= 4 is 21.9 Å². The first-order valence-electron chi connectivity index (χ1n) is 8.21. The van der Waals surface area contributed by atoms with Crippen LogP contribution in [0.3, 0.4) is 0 Å². The van der Waals surface area contributed by atoms with Crippen LogP contribution in [-0.2, 0) is 4.79 Å². The van der Waals surface area contributed by atoms with Crippen LogP contribution < -0.4 is 0 Å². The molecule has 0 aromatic rings. The molecule has 20 heavy (non-hydrogen) atoms. The Labute approximate surface area is 134 Å². The lowest BCUT2D eigenvalue weighted by Crippen LogP contribution is -2.33. The molecule has 0 aromatic carbocycles. The molecule has 1 N–H and O–H groups in total. The van der Waals surface area contributed by atoms with Gasteiger partial charge in [-0.15, -0.1) is 0 Å². The highest BCUT2D eigenvalue weighted by Gasteiger charge is 2.38. The summed E-state index contributed by atoms with van der Waals surface area (Å²) in [5, 5.41) is 10.2. The smallest absolute Gasteiger partial charge is 0.303 e. The molecule has 0 saturated heterocycles. The minimum Gasteiger partial charge on any atom is -0.481 e. The Hall–Kier alpha value is -0.0500. The Morgan fingerprint density at radius 1 is 0.950 bits per heavy atom. The molecule has 0 rings (SSSR count). The van der Waals surface area contributed by atoms with Crippen molar-refractivity contribution < 1.29 is 9.90 Å². The maximum absolute atomic E-state index is 11.1. The molecule has 3 heteroatoms. The summed E-state index contributed by atoms with van der Waals surface area (Å²) in [4.78, 5) is 11.1. The van der Waals surface area contributed by atoms with Crippen LogP contribution in [0.15, 0.2) is 0 Å². The number of hydrogen-bond donors (Lipinski definition) is 1. The predicted octanol–water partition coefficient (Wildman–Crippen LogP) is 6.28. The van der Waals surface area contributed by atoms with Gasteiger partial charge in [0.05, 0.1) is 6.42 Å². The third-order valence-corrected chi connectivity index (χ3v) is 5.30. The molecular formula is C17H35BrO2. The van der Waals surface area contributed by atoms with Gasteiger partial charge in [-0.25, -0.2) is 0 Å². The largest absolute Gasteiger partial charge is 0.481 e. The van der Waals surface area contributed by atoms with E-state index in [2.05, 4.69) is 43.6 Å². The average Bonchev–Trinajstić information content (AvgIpc) is 2.47. The summed E-state index contributed by atoms with van der Waals surface area (Å²) in [5.74, 6) is -0.654. The van der Waals surface area contributed by atoms with Crippen molar-refractivity contribution in [2.45, 2.75) is 86.5 Å². The molecule has 0 aliphatic carbocycles. The second-order valence-corrected chi connectivity index (χ2v) is 6.39. The highest BCUT2D eigenvalue weighted by atomic mass is 79.9. The Morgan fingerprint density at radius 3 is 1.60 bits per heavy atom. The number of carboxylic acids is 1. The second-order valence-electron chi connectivity index (χ2n) is 5.60. The molecule has 0 spiro atoms. The summed E-state index contributed by atoms with van der Waals surface area (Å²) in [5.41, 5.74) is 0.269. The van der Waals surface area contributed by atoms with E-state index in [1.807, 2.05) is 13.8 Å². The van der Waals surface area contributed by atoms with E-state index in [1.54, 1.807) is 0 Å². The number of rotatable bonds is 10. The van der Waals surface area contributed by atoms with Gasteiger partial charge in [-0.1, -0.05) is 70.3 Å². The lowest BCUT2D eigenvalue weighted by atomic mass is 9.63. The standard InChI is InChI=1S/C15H29BrO2.C2H6/c1-5-14(6-2,9-10-16)12-15(7-3,8-4)11-13(17)18;1-2/h5-12H2,1-4H3,(H,17,18);1-2H3. The first-order chi connectivity index (χ1) is 9.43. The van der Waals surface area contributed by atoms with Crippen molar-refractivity contribution in [1.29, 1.82) is 0 Å². The van der Waals surface area contributed by atoms with Crippen LogP contribution in [0, 0.1) is 10.8 Å². The van der Waals surface area contributed by atoms with Gasteiger partial charge in [0.2, 0.25) is 0 Å². The number of halogens is 1. The second kappa shape index (κ2) is 11.6. The van der Waals surface area contributed by atoms with E-state index in [0.717, 1.165) is 43.9 Å². The maximum Gasteiger partial charge on any atom is 0.303 e. The molecule has 0 unspecified atom stereocenters. The van der Waals surface area contributed by atoms with Crippen LogP contribution >= 0.6 is 15.9 Å². The monoisotopic (exact) mass is 350 g/mol. The molecule has 0 atom stereocenters. The van der Waals surface area contributed by atoms with E-state index < -0.39 is 5.97 Å². The third kappa shape index (κ3) is 7.10. The van der Waals surface area contributed by atoms with Gasteiger partial charge in [-0.05, 0) is 36.5 Å². The maximum atomic E-state index is 11.1. The Kier molecular flexibility index (Phi) is 12.9. The summed E-state index contributed by atoms with van der Waals surface area (Å²) < 4.78 is 0. The van der Waals surface area contributed by atoms with Crippen LogP contribution in [0.25, 0.3) is 0 Å². The molecule has 122 valence electrons. The average molecular weight is 351 g/mol. The lowest BCUT2D eigenvalue weighted by molar-refractivity contribution is -0.140. The van der Waals surface area contributed by atoms with Gasteiger partial charge >= 0.3 is 5.97 Å². The molecule has 0 aliphatic heterocycles. The molecule has 2 nitrogen and oxygen atoms in total. The Bertz CT molecular complexity index is 243. The van der Waals surface area contributed by atoms with E-state index in [0.29, 0.717) is 11.8 Å². The minimum absolute atomic E-state index is 0.0278.